The first kappa shape index (κ1) is 18.2. The van der Waals surface area contributed by atoms with E-state index in [1.807, 2.05) is 42.5 Å². The van der Waals surface area contributed by atoms with Crippen molar-refractivity contribution >= 4 is 22.6 Å². The van der Waals surface area contributed by atoms with Gasteiger partial charge in [-0.2, -0.15) is 0 Å². The zero-order valence-electron chi connectivity index (χ0n) is 14.9. The number of piperidine rings is 1. The number of fused-ring (bicyclic) bond motifs is 1. The maximum atomic E-state index is 12.9. The highest BCUT2D eigenvalue weighted by molar-refractivity contribution is 5.90. The number of aliphatic hydroxyl groups excluding tert-OH is 1. The fraction of sp³-hybridized carbons (Fsp3) is 0.400. The molecule has 3 rings (SSSR count). The van der Waals surface area contributed by atoms with Crippen molar-refractivity contribution in [3.63, 3.8) is 0 Å². The second-order valence-corrected chi connectivity index (χ2v) is 7.14. The van der Waals surface area contributed by atoms with Gasteiger partial charge in [0.05, 0.1) is 12.0 Å². The quantitative estimate of drug-likeness (QED) is 0.877. The van der Waals surface area contributed by atoms with Crippen molar-refractivity contribution in [1.82, 2.24) is 4.90 Å². The summed E-state index contributed by atoms with van der Waals surface area (Å²) in [7, 11) is 0. The van der Waals surface area contributed by atoms with Crippen LogP contribution in [-0.4, -0.2) is 51.8 Å². The normalized spacial score (nSPS) is 20.8. The fourth-order valence-corrected chi connectivity index (χ4v) is 3.39. The monoisotopic (exact) mass is 357 g/mol. The maximum absolute atomic E-state index is 12.9. The van der Waals surface area contributed by atoms with Crippen LogP contribution in [0.25, 0.3) is 10.8 Å². The molecule has 1 amide bonds. The standard InChI is InChI=1S/C20H23NO5/c1-20(2,19(25)21-11-10-15(18(23)24)16(22)12-21)26-17-9-5-7-13-6-3-4-8-14(13)17/h3-9,15-16,22H,10-12H2,1-2H3,(H,23,24)/t15-,16+/m0/s1. The molecule has 2 atom stereocenters. The van der Waals surface area contributed by atoms with E-state index < -0.39 is 23.6 Å². The minimum absolute atomic E-state index is 0.00186. The predicted molar refractivity (Wildman–Crippen MR) is 97.0 cm³/mol. The number of hydrogen-bond acceptors (Lipinski definition) is 4. The summed E-state index contributed by atoms with van der Waals surface area (Å²) < 4.78 is 6.05. The van der Waals surface area contributed by atoms with E-state index in [2.05, 4.69) is 0 Å². The molecule has 0 unspecified atom stereocenters. The summed E-state index contributed by atoms with van der Waals surface area (Å²) in [6.45, 7) is 3.66. The molecule has 6 heteroatoms. The number of carboxylic acid groups (broad SMARTS) is 1. The Bertz CT molecular complexity index is 827. The van der Waals surface area contributed by atoms with Gasteiger partial charge in [-0.05, 0) is 31.7 Å². The molecule has 1 saturated heterocycles. The summed E-state index contributed by atoms with van der Waals surface area (Å²) in [5, 5.41) is 21.1. The molecule has 0 spiro atoms. The number of amides is 1. The van der Waals surface area contributed by atoms with E-state index in [1.165, 1.54) is 4.90 Å². The van der Waals surface area contributed by atoms with E-state index in [0.717, 1.165) is 10.8 Å². The molecule has 0 radical (unpaired) electrons. The van der Waals surface area contributed by atoms with Crippen molar-refractivity contribution in [3.05, 3.63) is 42.5 Å². The van der Waals surface area contributed by atoms with Crippen LogP contribution in [0.3, 0.4) is 0 Å². The Morgan fingerprint density at radius 2 is 1.85 bits per heavy atom. The molecule has 0 saturated carbocycles. The number of rotatable bonds is 4. The van der Waals surface area contributed by atoms with Gasteiger partial charge in [0.25, 0.3) is 5.91 Å². The van der Waals surface area contributed by atoms with Crippen molar-refractivity contribution in [3.8, 4) is 5.75 Å². The van der Waals surface area contributed by atoms with Gasteiger partial charge in [0.1, 0.15) is 5.75 Å². The number of aliphatic hydroxyl groups is 1. The Kier molecular flexibility index (Phi) is 4.87. The summed E-state index contributed by atoms with van der Waals surface area (Å²) in [5.74, 6) is -1.52. The molecule has 0 aromatic heterocycles. The summed E-state index contributed by atoms with van der Waals surface area (Å²) >= 11 is 0. The number of carbonyl (C=O) groups excluding carboxylic acids is 1. The van der Waals surface area contributed by atoms with E-state index in [1.54, 1.807) is 13.8 Å². The largest absolute Gasteiger partial charge is 0.481 e. The third kappa shape index (κ3) is 3.51. The fourth-order valence-electron chi connectivity index (χ4n) is 3.39. The van der Waals surface area contributed by atoms with Crippen LogP contribution >= 0.6 is 0 Å². The Morgan fingerprint density at radius 3 is 2.54 bits per heavy atom. The topological polar surface area (TPSA) is 87.1 Å². The lowest BCUT2D eigenvalue weighted by Crippen LogP contribution is -2.55. The number of carbonyl (C=O) groups is 2. The molecule has 0 bridgehead atoms. The van der Waals surface area contributed by atoms with E-state index in [4.69, 9.17) is 9.84 Å². The molecular weight excluding hydrogens is 334 g/mol. The summed E-state index contributed by atoms with van der Waals surface area (Å²) in [4.78, 5) is 25.5. The number of carboxylic acids is 1. The SMILES string of the molecule is CC(C)(Oc1cccc2ccccc12)C(=O)N1CC[C@H](C(=O)O)[C@H](O)C1. The van der Waals surface area contributed by atoms with Gasteiger partial charge < -0.3 is 19.8 Å². The lowest BCUT2D eigenvalue weighted by Gasteiger charge is -2.38. The van der Waals surface area contributed by atoms with Gasteiger partial charge in [-0.1, -0.05) is 36.4 Å². The van der Waals surface area contributed by atoms with Crippen molar-refractivity contribution in [2.24, 2.45) is 5.92 Å². The Hall–Kier alpha value is -2.60. The van der Waals surface area contributed by atoms with Gasteiger partial charge in [0.2, 0.25) is 0 Å². The van der Waals surface area contributed by atoms with Crippen LogP contribution in [0.2, 0.25) is 0 Å². The lowest BCUT2D eigenvalue weighted by atomic mass is 9.93. The second kappa shape index (κ2) is 6.96. The second-order valence-electron chi connectivity index (χ2n) is 7.14. The highest BCUT2D eigenvalue weighted by Crippen LogP contribution is 2.30. The summed E-state index contributed by atoms with van der Waals surface area (Å²) in [6, 6.07) is 13.4. The molecule has 1 aliphatic heterocycles. The third-order valence-corrected chi connectivity index (χ3v) is 4.82. The van der Waals surface area contributed by atoms with E-state index >= 15 is 0 Å². The van der Waals surface area contributed by atoms with Gasteiger partial charge in [0.15, 0.2) is 5.60 Å². The first-order chi connectivity index (χ1) is 12.3. The van der Waals surface area contributed by atoms with Crippen LogP contribution in [0.15, 0.2) is 42.5 Å². The maximum Gasteiger partial charge on any atom is 0.309 e. The number of β-amino-alcohol motifs (C(OH)–C–C–N with tert-alkyl or cyclic N) is 1. The minimum atomic E-state index is -1.14. The molecule has 2 N–H and O–H groups in total. The summed E-state index contributed by atoms with van der Waals surface area (Å²) in [5.41, 5.74) is -1.14. The first-order valence-corrected chi connectivity index (χ1v) is 8.66. The number of ether oxygens (including phenoxy) is 1. The number of hydrogen-bond donors (Lipinski definition) is 2. The predicted octanol–water partition coefficient (Wildman–Crippen LogP) is 2.29. The van der Waals surface area contributed by atoms with Crippen LogP contribution in [-0.2, 0) is 9.59 Å². The highest BCUT2D eigenvalue weighted by atomic mass is 16.5. The van der Waals surface area contributed by atoms with Crippen molar-refractivity contribution in [1.29, 1.82) is 0 Å². The lowest BCUT2D eigenvalue weighted by molar-refractivity contribution is -0.157. The van der Waals surface area contributed by atoms with Crippen LogP contribution in [0.1, 0.15) is 20.3 Å². The number of benzene rings is 2. The molecule has 2 aromatic rings. The molecule has 1 aliphatic rings. The minimum Gasteiger partial charge on any atom is -0.481 e. The molecule has 26 heavy (non-hydrogen) atoms. The van der Waals surface area contributed by atoms with Gasteiger partial charge in [-0.3, -0.25) is 9.59 Å². The number of aliphatic carboxylic acids is 1. The Labute approximate surface area is 152 Å². The molecule has 6 nitrogen and oxygen atoms in total. The Balaban J connectivity index is 1.77. The highest BCUT2D eigenvalue weighted by Gasteiger charge is 2.40. The molecular formula is C20H23NO5. The average Bonchev–Trinajstić information content (AvgIpc) is 2.60. The Morgan fingerprint density at radius 1 is 1.15 bits per heavy atom. The third-order valence-electron chi connectivity index (χ3n) is 4.82. The summed E-state index contributed by atoms with van der Waals surface area (Å²) in [6.07, 6.45) is -0.842. The first-order valence-electron chi connectivity index (χ1n) is 8.66. The van der Waals surface area contributed by atoms with E-state index in [-0.39, 0.29) is 25.4 Å². The van der Waals surface area contributed by atoms with Gasteiger partial charge in [-0.15, -0.1) is 0 Å². The van der Waals surface area contributed by atoms with Gasteiger partial charge >= 0.3 is 5.97 Å². The molecule has 2 aromatic carbocycles. The van der Waals surface area contributed by atoms with E-state index in [0.29, 0.717) is 5.75 Å². The van der Waals surface area contributed by atoms with E-state index in [9.17, 15) is 14.7 Å². The van der Waals surface area contributed by atoms with Crippen molar-refractivity contribution in [2.75, 3.05) is 13.1 Å². The molecule has 138 valence electrons. The molecule has 1 heterocycles. The zero-order chi connectivity index (χ0) is 18.9. The van der Waals surface area contributed by atoms with Gasteiger partial charge in [-0.25, -0.2) is 0 Å². The van der Waals surface area contributed by atoms with Crippen LogP contribution < -0.4 is 4.74 Å². The van der Waals surface area contributed by atoms with Crippen molar-refractivity contribution < 1.29 is 24.5 Å². The smallest absolute Gasteiger partial charge is 0.309 e. The number of likely N-dealkylation sites (tertiary alicyclic amines) is 1. The average molecular weight is 357 g/mol. The zero-order valence-corrected chi connectivity index (χ0v) is 14.9. The van der Waals surface area contributed by atoms with Crippen LogP contribution in [0, 0.1) is 5.92 Å². The number of nitrogens with zero attached hydrogens (tertiary/aromatic N) is 1. The molecule has 0 aliphatic carbocycles. The van der Waals surface area contributed by atoms with Crippen LogP contribution in [0.5, 0.6) is 5.75 Å². The van der Waals surface area contributed by atoms with Gasteiger partial charge in [0, 0.05) is 18.5 Å². The molecule has 1 fully saturated rings. The van der Waals surface area contributed by atoms with Crippen molar-refractivity contribution in [2.45, 2.75) is 32.0 Å². The van der Waals surface area contributed by atoms with Crippen LogP contribution in [0.4, 0.5) is 0 Å².